The van der Waals surface area contributed by atoms with Gasteiger partial charge in [-0.2, -0.15) is 0 Å². The fourth-order valence-electron chi connectivity index (χ4n) is 2.35. The van der Waals surface area contributed by atoms with E-state index in [1.807, 2.05) is 6.92 Å². The second-order valence-corrected chi connectivity index (χ2v) is 6.59. The number of ether oxygens (including phenoxy) is 1. The first-order chi connectivity index (χ1) is 13.4. The average molecular weight is 408 g/mol. The summed E-state index contributed by atoms with van der Waals surface area (Å²) in [6, 6.07) is 7.00. The number of amides is 1. The molecule has 1 aromatic carbocycles. The molecule has 146 valence electrons. The third kappa shape index (κ3) is 5.03. The van der Waals surface area contributed by atoms with E-state index >= 15 is 0 Å². The van der Waals surface area contributed by atoms with Crippen molar-refractivity contribution in [2.24, 2.45) is 0 Å². The number of nitrogens with one attached hydrogen (secondary N) is 1. The van der Waals surface area contributed by atoms with Gasteiger partial charge in [-0.3, -0.25) is 4.79 Å². The molecule has 6 nitrogen and oxygen atoms in total. The van der Waals surface area contributed by atoms with Crippen LogP contribution in [0.25, 0.3) is 10.8 Å². The van der Waals surface area contributed by atoms with Crippen LogP contribution in [-0.2, 0) is 13.0 Å². The highest BCUT2D eigenvalue weighted by Crippen LogP contribution is 2.26. The summed E-state index contributed by atoms with van der Waals surface area (Å²) < 4.78 is 40.4. The number of thiazole rings is 1. The van der Waals surface area contributed by atoms with Gasteiger partial charge in [-0.25, -0.2) is 15.0 Å². The van der Waals surface area contributed by atoms with Gasteiger partial charge >= 0.3 is 6.36 Å². The van der Waals surface area contributed by atoms with Crippen molar-refractivity contribution in [3.05, 3.63) is 58.9 Å². The second-order valence-electron chi connectivity index (χ2n) is 5.60. The molecule has 10 heteroatoms. The maximum absolute atomic E-state index is 12.5. The van der Waals surface area contributed by atoms with E-state index in [0.717, 1.165) is 0 Å². The molecule has 0 aliphatic rings. The summed E-state index contributed by atoms with van der Waals surface area (Å²) in [5.74, 6) is -0.181. The van der Waals surface area contributed by atoms with E-state index in [2.05, 4.69) is 25.0 Å². The molecule has 3 rings (SSSR count). The van der Waals surface area contributed by atoms with Crippen LogP contribution >= 0.6 is 11.3 Å². The lowest BCUT2D eigenvalue weighted by Crippen LogP contribution is -2.23. The molecule has 1 N–H and O–H groups in total. The normalized spacial score (nSPS) is 11.3. The van der Waals surface area contributed by atoms with E-state index in [4.69, 9.17) is 0 Å². The third-order valence-electron chi connectivity index (χ3n) is 3.61. The Hall–Kier alpha value is -3.01. The van der Waals surface area contributed by atoms with Crippen LogP contribution in [0.3, 0.4) is 0 Å². The van der Waals surface area contributed by atoms with Crippen molar-refractivity contribution >= 4 is 17.2 Å². The lowest BCUT2D eigenvalue weighted by atomic mass is 10.2. The van der Waals surface area contributed by atoms with Gasteiger partial charge in [-0.15, -0.1) is 24.5 Å². The summed E-state index contributed by atoms with van der Waals surface area (Å²) in [6.45, 7) is 2.05. The van der Waals surface area contributed by atoms with Gasteiger partial charge in [-0.05, 0) is 30.2 Å². The first kappa shape index (κ1) is 19.7. The van der Waals surface area contributed by atoms with Gasteiger partial charge in [0, 0.05) is 18.9 Å². The van der Waals surface area contributed by atoms with E-state index < -0.39 is 6.36 Å². The smallest absolute Gasteiger partial charge is 0.406 e. The molecular weight excluding hydrogens is 393 g/mol. The molecule has 0 fully saturated rings. The van der Waals surface area contributed by atoms with Crippen molar-refractivity contribution in [2.45, 2.75) is 26.3 Å². The number of halogens is 3. The van der Waals surface area contributed by atoms with Crippen LogP contribution < -0.4 is 10.1 Å². The van der Waals surface area contributed by atoms with E-state index in [0.29, 0.717) is 33.4 Å². The van der Waals surface area contributed by atoms with Crippen LogP contribution in [0.5, 0.6) is 5.75 Å². The molecule has 0 bridgehead atoms. The van der Waals surface area contributed by atoms with Gasteiger partial charge in [0.25, 0.3) is 5.91 Å². The van der Waals surface area contributed by atoms with Gasteiger partial charge in [0.15, 0.2) is 10.8 Å². The predicted octanol–water partition coefficient (Wildman–Crippen LogP) is 3.99. The molecule has 0 radical (unpaired) electrons. The van der Waals surface area contributed by atoms with Crippen molar-refractivity contribution in [3.63, 3.8) is 0 Å². The highest BCUT2D eigenvalue weighted by molar-refractivity contribution is 7.17. The fraction of sp³-hybridized carbons (Fsp3) is 0.222. The first-order valence-corrected chi connectivity index (χ1v) is 9.07. The summed E-state index contributed by atoms with van der Waals surface area (Å²) in [4.78, 5) is 25.7. The van der Waals surface area contributed by atoms with E-state index in [1.165, 1.54) is 35.6 Å². The van der Waals surface area contributed by atoms with Crippen molar-refractivity contribution in [2.75, 3.05) is 0 Å². The molecule has 0 spiro atoms. The zero-order valence-electron chi connectivity index (χ0n) is 14.7. The molecule has 0 aliphatic carbocycles. The van der Waals surface area contributed by atoms with Crippen LogP contribution in [-0.4, -0.2) is 27.2 Å². The molecule has 3 aromatic rings. The van der Waals surface area contributed by atoms with Crippen molar-refractivity contribution in [1.82, 2.24) is 20.3 Å². The number of aryl methyl sites for hydroxylation is 1. The molecule has 0 saturated carbocycles. The Morgan fingerprint density at radius 3 is 2.46 bits per heavy atom. The SMILES string of the molecule is CCc1nc(-c2ncccn2)sc1C(=O)NCc1ccc(OC(F)(F)F)cc1. The predicted molar refractivity (Wildman–Crippen MR) is 96.8 cm³/mol. The Balaban J connectivity index is 1.67. The largest absolute Gasteiger partial charge is 0.573 e. The summed E-state index contributed by atoms with van der Waals surface area (Å²) in [7, 11) is 0. The molecule has 2 heterocycles. The van der Waals surface area contributed by atoms with Gasteiger partial charge in [0.05, 0.1) is 5.69 Å². The van der Waals surface area contributed by atoms with Crippen LogP contribution in [0.1, 0.15) is 27.9 Å². The zero-order chi connectivity index (χ0) is 20.1. The number of aromatic nitrogens is 3. The monoisotopic (exact) mass is 408 g/mol. The number of carbonyl (C=O) groups is 1. The van der Waals surface area contributed by atoms with E-state index in [-0.39, 0.29) is 18.2 Å². The maximum atomic E-state index is 12.5. The Kier molecular flexibility index (Phi) is 5.88. The number of nitrogens with zero attached hydrogens (tertiary/aromatic N) is 3. The Morgan fingerprint density at radius 2 is 1.86 bits per heavy atom. The van der Waals surface area contributed by atoms with E-state index in [9.17, 15) is 18.0 Å². The number of benzene rings is 1. The van der Waals surface area contributed by atoms with Gasteiger partial charge in [-0.1, -0.05) is 19.1 Å². The van der Waals surface area contributed by atoms with Crippen LogP contribution in [0, 0.1) is 0 Å². The Labute approximate surface area is 162 Å². The number of hydrogen-bond donors (Lipinski definition) is 1. The summed E-state index contributed by atoms with van der Waals surface area (Å²) in [5, 5.41) is 3.30. The highest BCUT2D eigenvalue weighted by Gasteiger charge is 2.31. The van der Waals surface area contributed by atoms with Gasteiger partial charge < -0.3 is 10.1 Å². The minimum atomic E-state index is -4.74. The lowest BCUT2D eigenvalue weighted by Gasteiger charge is -2.09. The summed E-state index contributed by atoms with van der Waals surface area (Å²) in [6.07, 6.45) is -0.975. The molecule has 0 aliphatic heterocycles. The van der Waals surface area contributed by atoms with Crippen molar-refractivity contribution < 1.29 is 22.7 Å². The van der Waals surface area contributed by atoms with Crippen LogP contribution in [0.2, 0.25) is 0 Å². The molecule has 2 aromatic heterocycles. The fourth-order valence-corrected chi connectivity index (χ4v) is 3.36. The average Bonchev–Trinajstić information content (AvgIpc) is 3.11. The minimum absolute atomic E-state index is 0.156. The maximum Gasteiger partial charge on any atom is 0.573 e. The number of carbonyl (C=O) groups excluding carboxylic acids is 1. The number of rotatable bonds is 6. The van der Waals surface area contributed by atoms with Gasteiger partial charge in [0.1, 0.15) is 10.6 Å². The lowest BCUT2D eigenvalue weighted by molar-refractivity contribution is -0.274. The number of alkyl halides is 3. The van der Waals surface area contributed by atoms with Gasteiger partial charge in [0.2, 0.25) is 0 Å². The molecular formula is C18H15F3N4O2S. The third-order valence-corrected chi connectivity index (χ3v) is 4.70. The minimum Gasteiger partial charge on any atom is -0.406 e. The zero-order valence-corrected chi connectivity index (χ0v) is 15.5. The molecule has 0 unspecified atom stereocenters. The molecule has 1 amide bonds. The summed E-state index contributed by atoms with van der Waals surface area (Å²) in [5.41, 5.74) is 1.27. The van der Waals surface area contributed by atoms with Crippen LogP contribution in [0.4, 0.5) is 13.2 Å². The molecule has 0 saturated heterocycles. The summed E-state index contributed by atoms with van der Waals surface area (Å²) >= 11 is 1.20. The highest BCUT2D eigenvalue weighted by atomic mass is 32.1. The van der Waals surface area contributed by atoms with Crippen LogP contribution in [0.15, 0.2) is 42.7 Å². The quantitative estimate of drug-likeness (QED) is 0.667. The van der Waals surface area contributed by atoms with Crippen molar-refractivity contribution in [1.29, 1.82) is 0 Å². The number of hydrogen-bond acceptors (Lipinski definition) is 6. The topological polar surface area (TPSA) is 77.0 Å². The van der Waals surface area contributed by atoms with Crippen molar-refractivity contribution in [3.8, 4) is 16.6 Å². The Morgan fingerprint density at radius 1 is 1.18 bits per heavy atom. The molecule has 28 heavy (non-hydrogen) atoms. The standard InChI is InChI=1S/C18H15F3N4O2S/c1-2-13-14(28-17(25-13)15-22-8-3-9-23-15)16(26)24-10-11-4-6-12(7-5-11)27-18(19,20)21/h3-9H,2,10H2,1H3,(H,24,26). The second kappa shape index (κ2) is 8.34. The first-order valence-electron chi connectivity index (χ1n) is 8.25. The van der Waals surface area contributed by atoms with E-state index in [1.54, 1.807) is 18.5 Å². The Bertz CT molecular complexity index is 944. The molecule has 0 atom stereocenters.